The summed E-state index contributed by atoms with van der Waals surface area (Å²) in [7, 11) is 1.36. The van der Waals surface area contributed by atoms with E-state index in [0.29, 0.717) is 59.5 Å². The van der Waals surface area contributed by atoms with Crippen LogP contribution in [0.2, 0.25) is 5.15 Å². The van der Waals surface area contributed by atoms with Crippen molar-refractivity contribution in [2.24, 2.45) is 0 Å². The first-order valence-electron chi connectivity index (χ1n) is 16.9. The van der Waals surface area contributed by atoms with Gasteiger partial charge in [0.25, 0.3) is 0 Å². The van der Waals surface area contributed by atoms with Crippen LogP contribution in [0.4, 0.5) is 14.6 Å². The Morgan fingerprint density at radius 1 is 1.04 bits per heavy atom. The number of nitrogens with zero attached hydrogens (tertiary/aromatic N) is 3. The molecule has 9 nitrogen and oxygen atoms in total. The number of rotatable bonds is 3. The molecule has 6 bridgehead atoms. The molecule has 0 saturated carbocycles. The second kappa shape index (κ2) is 16.0. The van der Waals surface area contributed by atoms with E-state index in [1.807, 2.05) is 23.5 Å². The van der Waals surface area contributed by atoms with Crippen molar-refractivity contribution >= 4 is 40.6 Å². The zero-order chi connectivity index (χ0) is 37.1. The third-order valence-corrected chi connectivity index (χ3v) is 9.53. The van der Waals surface area contributed by atoms with E-state index in [2.05, 4.69) is 11.8 Å². The first-order valence-corrected chi connectivity index (χ1v) is 17.8. The van der Waals surface area contributed by atoms with Crippen molar-refractivity contribution in [3.63, 3.8) is 0 Å². The lowest BCUT2D eigenvalue weighted by Gasteiger charge is -2.41. The van der Waals surface area contributed by atoms with Crippen LogP contribution < -0.4 is 9.64 Å². The number of ether oxygens (including phenoxy) is 4. The predicted molar refractivity (Wildman–Crippen MR) is 195 cm³/mol. The van der Waals surface area contributed by atoms with Gasteiger partial charge in [0.2, 0.25) is 0 Å². The van der Waals surface area contributed by atoms with E-state index in [1.54, 1.807) is 32.9 Å². The van der Waals surface area contributed by atoms with Crippen molar-refractivity contribution in [2.75, 3.05) is 51.5 Å². The molecule has 276 valence electrons. The Balaban J connectivity index is 0.000000943. The van der Waals surface area contributed by atoms with Crippen LogP contribution in [0, 0.1) is 18.6 Å². The molecule has 1 N–H and O–H groups in total. The second-order valence-corrected chi connectivity index (χ2v) is 14.6. The van der Waals surface area contributed by atoms with Gasteiger partial charge in [-0.15, -0.1) is 11.6 Å². The number of carbonyl (C=O) groups excluding carboxylic acids is 1. The number of alkyl halides is 1. The lowest BCUT2D eigenvalue weighted by Crippen LogP contribution is -2.45. The molecule has 1 saturated heterocycles. The van der Waals surface area contributed by atoms with E-state index in [1.165, 1.54) is 7.11 Å². The summed E-state index contributed by atoms with van der Waals surface area (Å²) >= 11 is 13.8. The van der Waals surface area contributed by atoms with Gasteiger partial charge in [-0.25, -0.2) is 13.8 Å². The van der Waals surface area contributed by atoms with Crippen LogP contribution in [-0.4, -0.2) is 78.3 Å². The van der Waals surface area contributed by atoms with E-state index in [0.717, 1.165) is 47.5 Å². The van der Waals surface area contributed by atoms with Crippen LogP contribution in [0.15, 0.2) is 36.4 Å². The van der Waals surface area contributed by atoms with Crippen molar-refractivity contribution in [3.8, 4) is 28.1 Å². The fraction of sp³-hybridized carbons (Fsp3) is 0.474. The third kappa shape index (κ3) is 8.95. The Labute approximate surface area is 307 Å². The lowest BCUT2D eigenvalue weighted by atomic mass is 9.92. The van der Waals surface area contributed by atoms with E-state index in [4.69, 9.17) is 52.2 Å². The molecule has 13 heteroatoms. The molecule has 5 heterocycles. The third-order valence-electron chi connectivity index (χ3n) is 8.91. The monoisotopic (exact) mass is 747 g/mol. The number of anilines is 1. The molecule has 51 heavy (non-hydrogen) atoms. The number of benzene rings is 2. The van der Waals surface area contributed by atoms with Gasteiger partial charge >= 0.3 is 5.97 Å². The Kier molecular flexibility index (Phi) is 12.2. The molecular weight excluding hydrogens is 703 g/mol. The van der Waals surface area contributed by atoms with E-state index >= 15 is 0 Å². The molecule has 0 unspecified atom stereocenters. The lowest BCUT2D eigenvalue weighted by molar-refractivity contribution is -0.139. The maximum absolute atomic E-state index is 14.5. The van der Waals surface area contributed by atoms with Gasteiger partial charge < -0.3 is 29.0 Å². The highest BCUT2D eigenvalue weighted by atomic mass is 35.5. The second-order valence-electron chi connectivity index (χ2n) is 14.0. The predicted octanol–water partition coefficient (Wildman–Crippen LogP) is 7.92. The van der Waals surface area contributed by atoms with Crippen LogP contribution in [0.1, 0.15) is 57.2 Å². The summed E-state index contributed by atoms with van der Waals surface area (Å²) in [6.07, 6.45) is 1.48. The van der Waals surface area contributed by atoms with Crippen molar-refractivity contribution in [3.05, 3.63) is 69.9 Å². The number of methoxy groups -OCH3 is 1. The molecule has 0 aliphatic carbocycles. The molecule has 0 amide bonds. The fourth-order valence-corrected chi connectivity index (χ4v) is 6.89. The van der Waals surface area contributed by atoms with Crippen molar-refractivity contribution in [1.29, 1.82) is 0 Å². The number of pyridine rings is 1. The van der Waals surface area contributed by atoms with Gasteiger partial charge in [0.05, 0.1) is 50.4 Å². The summed E-state index contributed by atoms with van der Waals surface area (Å²) in [5.74, 6) is -1.32. The van der Waals surface area contributed by atoms with Gasteiger partial charge in [-0.1, -0.05) is 29.8 Å². The Hall–Kier alpha value is -3.48. The zero-order valence-electron chi connectivity index (χ0n) is 29.9. The van der Waals surface area contributed by atoms with Gasteiger partial charge in [0, 0.05) is 41.4 Å². The molecule has 1 fully saturated rings. The average molecular weight is 749 g/mol. The minimum absolute atomic E-state index is 0.0251. The summed E-state index contributed by atoms with van der Waals surface area (Å²) < 4.78 is 53.8. The maximum atomic E-state index is 14.5. The number of hydrogen-bond donors (Lipinski definition) is 1. The topological polar surface area (TPSA) is 94.8 Å². The number of imidazole rings is 1. The highest BCUT2D eigenvalue weighted by Crippen LogP contribution is 2.42. The number of esters is 1. The van der Waals surface area contributed by atoms with Crippen LogP contribution >= 0.6 is 23.2 Å². The molecule has 3 aliphatic rings. The van der Waals surface area contributed by atoms with Gasteiger partial charge in [0.15, 0.2) is 11.6 Å². The summed E-state index contributed by atoms with van der Waals surface area (Å²) in [5, 5.41) is 8.85. The zero-order valence-corrected chi connectivity index (χ0v) is 31.4. The molecule has 7 rings (SSSR count). The Bertz CT molecular complexity index is 1880. The van der Waals surface area contributed by atoms with Crippen molar-refractivity contribution in [2.45, 2.75) is 71.0 Å². The average Bonchev–Trinajstić information content (AvgIpc) is 3.41. The number of aromatic nitrogens is 2. The van der Waals surface area contributed by atoms with E-state index < -0.39 is 17.2 Å². The molecule has 3 aliphatic heterocycles. The van der Waals surface area contributed by atoms with Crippen molar-refractivity contribution < 1.29 is 37.6 Å². The van der Waals surface area contributed by atoms with Crippen LogP contribution in [0.5, 0.6) is 5.75 Å². The molecule has 0 radical (unpaired) electrons. The van der Waals surface area contributed by atoms with Gasteiger partial charge in [0.1, 0.15) is 34.7 Å². The molecule has 2 aromatic carbocycles. The standard InChI is InChI=1S/C34H35Cl2F2N3O5.C4H10O/c1-20-23(17-29(42)43-3)33-40-9-7-34(2,8-10-40)46-14-12-44-11-13-45-28-18-27(38)26(37)16-24(28)21-5-4-6-22(15-21)30-31(36)41(33)32(39-30)25(20)19-35;1-4(2,3)5/h4-6,15-16,18H,7-14,17,19H2,1-3H3;5H,1-3H3. The fourth-order valence-electron chi connectivity index (χ4n) is 6.26. The van der Waals surface area contributed by atoms with E-state index in [-0.39, 0.29) is 42.8 Å². The summed E-state index contributed by atoms with van der Waals surface area (Å²) in [4.78, 5) is 19.9. The van der Waals surface area contributed by atoms with Gasteiger partial charge in [-0.3, -0.25) is 9.20 Å². The molecule has 4 aromatic rings. The number of piperidine rings is 1. The number of hydrogen-bond acceptors (Lipinski definition) is 8. The highest BCUT2D eigenvalue weighted by Gasteiger charge is 2.35. The molecular formula is C38H45Cl2F2N3O6. The van der Waals surface area contributed by atoms with Crippen LogP contribution in [0.25, 0.3) is 28.0 Å². The first kappa shape index (κ1) is 38.7. The SMILES string of the molecule is CC(C)(C)O.COC(=O)Cc1c(C)c(CCl)c2nc3c(Cl)n2c1N1CCC(C)(CC1)OCCOCCOc1cc(F)c(F)cc1-c1cccc-3c1. The number of fused-ring (bicyclic) bond motifs is 8. The maximum Gasteiger partial charge on any atom is 0.310 e. The van der Waals surface area contributed by atoms with E-state index in [9.17, 15) is 13.6 Å². The Morgan fingerprint density at radius 3 is 2.35 bits per heavy atom. The minimum atomic E-state index is -1.01. The summed E-state index contributed by atoms with van der Waals surface area (Å²) in [6.45, 7) is 11.7. The molecule has 2 aromatic heterocycles. The van der Waals surface area contributed by atoms with Crippen molar-refractivity contribution in [1.82, 2.24) is 9.38 Å². The largest absolute Gasteiger partial charge is 0.490 e. The molecule has 0 spiro atoms. The number of carbonyl (C=O) groups is 1. The summed E-state index contributed by atoms with van der Waals surface area (Å²) in [6, 6.07) is 9.41. The first-order chi connectivity index (χ1) is 24.1. The Morgan fingerprint density at radius 2 is 1.69 bits per heavy atom. The number of halogens is 4. The smallest absolute Gasteiger partial charge is 0.310 e. The van der Waals surface area contributed by atoms with Gasteiger partial charge in [-0.05, 0) is 70.7 Å². The minimum Gasteiger partial charge on any atom is -0.490 e. The normalized spacial score (nSPS) is 16.3. The summed E-state index contributed by atoms with van der Waals surface area (Å²) in [5.41, 5.74) is 4.12. The van der Waals surface area contributed by atoms with Crippen LogP contribution in [-0.2, 0) is 31.3 Å². The highest BCUT2D eigenvalue weighted by molar-refractivity contribution is 6.32. The van der Waals surface area contributed by atoms with Gasteiger partial charge in [-0.2, -0.15) is 0 Å². The quantitative estimate of drug-likeness (QED) is 0.128. The molecule has 0 atom stereocenters. The van der Waals surface area contributed by atoms with Crippen LogP contribution in [0.3, 0.4) is 0 Å². The number of aliphatic hydroxyl groups is 1.